The lowest BCUT2D eigenvalue weighted by Crippen LogP contribution is -2.49. The highest BCUT2D eigenvalue weighted by molar-refractivity contribution is 5.88. The number of anilines is 1. The van der Waals surface area contributed by atoms with Crippen molar-refractivity contribution < 1.29 is 28.6 Å². The Bertz CT molecular complexity index is 1050. The Morgan fingerprint density at radius 2 is 1.82 bits per heavy atom. The van der Waals surface area contributed by atoms with E-state index in [9.17, 15) is 14.4 Å². The summed E-state index contributed by atoms with van der Waals surface area (Å²) in [6.45, 7) is 1.96. The molecule has 0 amide bonds. The molecule has 2 aromatic carbocycles. The van der Waals surface area contributed by atoms with E-state index in [1.807, 2.05) is 42.2 Å². The van der Waals surface area contributed by atoms with Crippen LogP contribution in [0, 0.1) is 5.41 Å². The largest absolute Gasteiger partial charge is 0.497 e. The molecule has 33 heavy (non-hydrogen) atoms. The topological polar surface area (TPSA) is 90.9 Å². The van der Waals surface area contributed by atoms with Crippen LogP contribution in [0.3, 0.4) is 0 Å². The van der Waals surface area contributed by atoms with E-state index in [2.05, 4.69) is 5.32 Å². The van der Waals surface area contributed by atoms with Crippen LogP contribution in [0.2, 0.25) is 0 Å². The van der Waals surface area contributed by atoms with Gasteiger partial charge in [-0.25, -0.2) is 9.59 Å². The molecular formula is C26H27NO6. The smallest absolute Gasteiger partial charge is 0.319 e. The van der Waals surface area contributed by atoms with Crippen LogP contribution in [0.5, 0.6) is 5.75 Å². The van der Waals surface area contributed by atoms with Crippen molar-refractivity contribution in [2.45, 2.75) is 38.8 Å². The average molecular weight is 450 g/mol. The maximum absolute atomic E-state index is 13.6. The zero-order chi connectivity index (χ0) is 23.7. The summed E-state index contributed by atoms with van der Waals surface area (Å²) in [5.74, 6) is 3.72. The van der Waals surface area contributed by atoms with Crippen LogP contribution in [0.1, 0.15) is 31.7 Å². The first-order valence-corrected chi connectivity index (χ1v) is 10.8. The molecule has 0 aliphatic heterocycles. The lowest BCUT2D eigenvalue weighted by atomic mass is 9.74. The molecule has 1 aliphatic rings. The quantitative estimate of drug-likeness (QED) is 0.334. The summed E-state index contributed by atoms with van der Waals surface area (Å²) in [4.78, 5) is 37.4. The van der Waals surface area contributed by atoms with E-state index in [0.29, 0.717) is 30.7 Å². The Morgan fingerprint density at radius 3 is 2.42 bits per heavy atom. The van der Waals surface area contributed by atoms with E-state index in [4.69, 9.17) is 14.2 Å². The highest BCUT2D eigenvalue weighted by Crippen LogP contribution is 2.48. The molecule has 1 saturated carbocycles. The van der Waals surface area contributed by atoms with Gasteiger partial charge in [-0.1, -0.05) is 30.3 Å². The highest BCUT2D eigenvalue weighted by atomic mass is 16.5. The molecule has 0 bridgehead atoms. The van der Waals surface area contributed by atoms with Gasteiger partial charge >= 0.3 is 5.97 Å². The third-order valence-corrected chi connectivity index (χ3v) is 5.79. The second-order valence-corrected chi connectivity index (χ2v) is 7.67. The first-order valence-electron chi connectivity index (χ1n) is 10.8. The minimum Gasteiger partial charge on any atom is -0.497 e. The van der Waals surface area contributed by atoms with Crippen molar-refractivity contribution in [3.8, 4) is 5.75 Å². The number of benzene rings is 2. The number of esters is 1. The van der Waals surface area contributed by atoms with Gasteiger partial charge in [0.25, 0.3) is 0 Å². The summed E-state index contributed by atoms with van der Waals surface area (Å²) in [6, 6.07) is 15.3. The third kappa shape index (κ3) is 5.17. The van der Waals surface area contributed by atoms with Crippen molar-refractivity contribution in [3.63, 3.8) is 0 Å². The van der Waals surface area contributed by atoms with Crippen LogP contribution in [-0.2, 0) is 30.5 Å². The Kier molecular flexibility index (Phi) is 8.09. The minimum absolute atomic E-state index is 0.0393. The molecule has 7 nitrogen and oxygen atoms in total. The number of ether oxygens (including phenoxy) is 3. The Morgan fingerprint density at radius 1 is 1.09 bits per heavy atom. The van der Waals surface area contributed by atoms with Gasteiger partial charge < -0.3 is 19.5 Å². The monoisotopic (exact) mass is 449 g/mol. The number of nitrogens with one attached hydrogen (secondary N) is 1. The lowest BCUT2D eigenvalue weighted by molar-refractivity contribution is -0.155. The normalized spacial score (nSPS) is 17.9. The van der Waals surface area contributed by atoms with Crippen LogP contribution in [-0.4, -0.2) is 37.6 Å². The van der Waals surface area contributed by atoms with Crippen LogP contribution in [0.15, 0.2) is 65.9 Å². The van der Waals surface area contributed by atoms with Gasteiger partial charge in [0, 0.05) is 11.3 Å². The van der Waals surface area contributed by atoms with Gasteiger partial charge in [0.1, 0.15) is 29.8 Å². The molecule has 3 rings (SSSR count). The van der Waals surface area contributed by atoms with E-state index < -0.39 is 17.4 Å². The van der Waals surface area contributed by atoms with E-state index >= 15 is 0 Å². The number of methoxy groups -OCH3 is 1. The van der Waals surface area contributed by atoms with Crippen molar-refractivity contribution in [2.24, 2.45) is 5.41 Å². The molecule has 0 radical (unpaired) electrons. The molecule has 1 aliphatic carbocycles. The van der Waals surface area contributed by atoms with Crippen LogP contribution in [0.25, 0.3) is 0 Å². The van der Waals surface area contributed by atoms with Crippen LogP contribution < -0.4 is 10.1 Å². The molecule has 0 aromatic heterocycles. The molecule has 1 N–H and O–H groups in total. The SMILES string of the molecule is CCOC(=C=O)C(Nc1ccc(OC)cc1)C1(C(=O)OCc2ccccc2)CCCC1=C=O. The molecule has 172 valence electrons. The number of carbonyl (C=O) groups is 1. The highest BCUT2D eigenvalue weighted by Gasteiger charge is 2.56. The standard InChI is InChI=1S/C26H27NO6/c1-3-32-23(17-29)24(27-21-11-13-22(31-2)14-12-21)26(15-7-10-20(26)16-28)25(30)33-18-19-8-5-4-6-9-19/h4-6,8-9,11-14,24,27H,3,7,10,15,18H2,1-2H3. The molecule has 0 saturated heterocycles. The summed E-state index contributed by atoms with van der Waals surface area (Å²) in [5, 5.41) is 3.21. The van der Waals surface area contributed by atoms with Crippen molar-refractivity contribution in [1.29, 1.82) is 0 Å². The molecule has 2 unspecified atom stereocenters. The first kappa shape index (κ1) is 23.9. The van der Waals surface area contributed by atoms with E-state index in [1.54, 1.807) is 38.3 Å². The van der Waals surface area contributed by atoms with Gasteiger partial charge in [-0.2, -0.15) is 0 Å². The maximum Gasteiger partial charge on any atom is 0.319 e. The maximum atomic E-state index is 13.6. The molecule has 1 fully saturated rings. The minimum atomic E-state index is -1.45. The van der Waals surface area contributed by atoms with Gasteiger partial charge in [-0.3, -0.25) is 4.79 Å². The molecule has 0 spiro atoms. The summed E-state index contributed by atoms with van der Waals surface area (Å²) in [6.07, 6.45) is 1.25. The summed E-state index contributed by atoms with van der Waals surface area (Å²) in [5.41, 5.74) is 0.226. The zero-order valence-corrected chi connectivity index (χ0v) is 18.8. The zero-order valence-electron chi connectivity index (χ0n) is 18.8. The second-order valence-electron chi connectivity index (χ2n) is 7.67. The Hall–Kier alpha value is -3.79. The third-order valence-electron chi connectivity index (χ3n) is 5.79. The summed E-state index contributed by atoms with van der Waals surface area (Å²) >= 11 is 0. The molecule has 2 atom stereocenters. The number of carbonyl (C=O) groups excluding carboxylic acids is 3. The summed E-state index contributed by atoms with van der Waals surface area (Å²) < 4.78 is 16.4. The predicted molar refractivity (Wildman–Crippen MR) is 123 cm³/mol. The van der Waals surface area contributed by atoms with Crippen molar-refractivity contribution in [2.75, 3.05) is 19.0 Å². The van der Waals surface area contributed by atoms with Gasteiger partial charge in [-0.05, 0) is 56.0 Å². The number of rotatable bonds is 10. The fourth-order valence-electron chi connectivity index (χ4n) is 4.17. The van der Waals surface area contributed by atoms with E-state index in [-0.39, 0.29) is 24.5 Å². The fourth-order valence-corrected chi connectivity index (χ4v) is 4.17. The van der Waals surface area contributed by atoms with Crippen molar-refractivity contribution in [3.05, 3.63) is 71.5 Å². The van der Waals surface area contributed by atoms with Crippen LogP contribution in [0.4, 0.5) is 5.69 Å². The van der Waals surface area contributed by atoms with Gasteiger partial charge in [0.15, 0.2) is 5.94 Å². The molecular weight excluding hydrogens is 422 g/mol. The van der Waals surface area contributed by atoms with Crippen molar-refractivity contribution in [1.82, 2.24) is 0 Å². The Labute approximate surface area is 193 Å². The first-order chi connectivity index (χ1) is 16.1. The Balaban J connectivity index is 2.02. The molecule has 2 aromatic rings. The van der Waals surface area contributed by atoms with Crippen LogP contribution >= 0.6 is 0 Å². The second kappa shape index (κ2) is 11.2. The lowest BCUT2D eigenvalue weighted by Gasteiger charge is -2.36. The molecule has 0 heterocycles. The molecule has 7 heteroatoms. The van der Waals surface area contributed by atoms with E-state index in [0.717, 1.165) is 5.56 Å². The predicted octanol–water partition coefficient (Wildman–Crippen LogP) is 3.90. The van der Waals surface area contributed by atoms with Gasteiger partial charge in [0.2, 0.25) is 5.76 Å². The number of hydrogen-bond acceptors (Lipinski definition) is 7. The van der Waals surface area contributed by atoms with E-state index in [1.165, 1.54) is 0 Å². The number of hydrogen-bond donors (Lipinski definition) is 1. The fraction of sp³-hybridized carbons (Fsp3) is 0.346. The van der Waals surface area contributed by atoms with Gasteiger partial charge in [0.05, 0.1) is 13.7 Å². The van der Waals surface area contributed by atoms with Crippen molar-refractivity contribution >= 4 is 23.5 Å². The average Bonchev–Trinajstić information content (AvgIpc) is 3.30. The summed E-state index contributed by atoms with van der Waals surface area (Å²) in [7, 11) is 1.56. The van der Waals surface area contributed by atoms with Gasteiger partial charge in [-0.15, -0.1) is 0 Å².